The Hall–Kier alpha value is -2.10. The SMILES string of the molecule is O=C(NCc1ccc2c(c1)OCO2)[C@@H]1CCCN1S(=O)(=O)c1cccs1. The molecule has 1 aromatic carbocycles. The number of carbonyl (C=O) groups is 1. The van der Waals surface area contributed by atoms with Crippen LogP contribution in [0.1, 0.15) is 18.4 Å². The third-order valence-corrected chi connectivity index (χ3v) is 7.75. The van der Waals surface area contributed by atoms with Crippen LogP contribution in [0.25, 0.3) is 0 Å². The highest BCUT2D eigenvalue weighted by molar-refractivity contribution is 7.91. The highest BCUT2D eigenvalue weighted by atomic mass is 32.2. The van der Waals surface area contributed by atoms with Gasteiger partial charge in [0.05, 0.1) is 0 Å². The van der Waals surface area contributed by atoms with E-state index in [0.717, 1.165) is 16.9 Å². The van der Waals surface area contributed by atoms with Gasteiger partial charge in [0, 0.05) is 13.1 Å². The zero-order valence-corrected chi connectivity index (χ0v) is 15.5. The topological polar surface area (TPSA) is 84.9 Å². The van der Waals surface area contributed by atoms with Gasteiger partial charge in [0.1, 0.15) is 10.3 Å². The Bertz CT molecular complexity index is 911. The summed E-state index contributed by atoms with van der Waals surface area (Å²) in [6.45, 7) is 0.865. The number of sulfonamides is 1. The van der Waals surface area contributed by atoms with Crippen molar-refractivity contribution < 1.29 is 22.7 Å². The minimum atomic E-state index is -3.63. The van der Waals surface area contributed by atoms with Crippen LogP contribution in [-0.2, 0) is 21.4 Å². The Balaban J connectivity index is 1.44. The molecular formula is C17H18N2O5S2. The van der Waals surface area contributed by atoms with E-state index in [2.05, 4.69) is 5.32 Å². The van der Waals surface area contributed by atoms with Crippen LogP contribution in [0.15, 0.2) is 39.9 Å². The first kappa shape index (κ1) is 17.3. The Morgan fingerprint density at radius 3 is 2.92 bits per heavy atom. The van der Waals surface area contributed by atoms with Gasteiger partial charge >= 0.3 is 0 Å². The standard InChI is InChI=1S/C17H18N2O5S2/c20-17(18-10-12-5-6-14-15(9-12)24-11-23-14)13-3-1-7-19(13)26(21,22)16-4-2-8-25-16/h2,4-6,8-9,13H,1,3,7,10-11H2,(H,18,20)/t13-/m0/s1. The maximum absolute atomic E-state index is 12.7. The summed E-state index contributed by atoms with van der Waals surface area (Å²) in [4.78, 5) is 12.6. The van der Waals surface area contributed by atoms with Crippen LogP contribution >= 0.6 is 11.3 Å². The fraction of sp³-hybridized carbons (Fsp3) is 0.353. The van der Waals surface area contributed by atoms with Crippen molar-refractivity contribution >= 4 is 27.3 Å². The van der Waals surface area contributed by atoms with Gasteiger partial charge in [-0.2, -0.15) is 4.31 Å². The Morgan fingerprint density at radius 2 is 2.12 bits per heavy atom. The van der Waals surface area contributed by atoms with E-state index in [-0.39, 0.29) is 16.9 Å². The smallest absolute Gasteiger partial charge is 0.253 e. The van der Waals surface area contributed by atoms with Crippen LogP contribution in [0, 0.1) is 0 Å². The highest BCUT2D eigenvalue weighted by Crippen LogP contribution is 2.32. The summed E-state index contributed by atoms with van der Waals surface area (Å²) in [6.07, 6.45) is 1.20. The quantitative estimate of drug-likeness (QED) is 0.838. The fourth-order valence-electron chi connectivity index (χ4n) is 3.17. The van der Waals surface area contributed by atoms with E-state index < -0.39 is 16.1 Å². The molecule has 1 N–H and O–H groups in total. The molecule has 0 bridgehead atoms. The molecule has 0 aliphatic carbocycles. The summed E-state index contributed by atoms with van der Waals surface area (Å²) < 4.78 is 37.7. The molecule has 3 heterocycles. The van der Waals surface area contributed by atoms with Crippen LogP contribution in [0.5, 0.6) is 11.5 Å². The molecule has 9 heteroatoms. The molecule has 0 unspecified atom stereocenters. The molecule has 138 valence electrons. The van der Waals surface area contributed by atoms with Crippen molar-refractivity contribution in [2.24, 2.45) is 0 Å². The predicted molar refractivity (Wildman–Crippen MR) is 95.6 cm³/mol. The van der Waals surface area contributed by atoms with Gasteiger partial charge in [0.15, 0.2) is 11.5 Å². The molecule has 7 nitrogen and oxygen atoms in total. The predicted octanol–water partition coefficient (Wildman–Crippen LogP) is 1.95. The number of hydrogen-bond donors (Lipinski definition) is 1. The maximum atomic E-state index is 12.7. The first-order chi connectivity index (χ1) is 12.6. The van der Waals surface area contributed by atoms with Crippen molar-refractivity contribution in [3.63, 3.8) is 0 Å². The number of fused-ring (bicyclic) bond motifs is 1. The van der Waals surface area contributed by atoms with E-state index in [0.29, 0.717) is 37.4 Å². The molecule has 1 fully saturated rings. The van der Waals surface area contributed by atoms with Gasteiger partial charge in [-0.05, 0) is 42.0 Å². The van der Waals surface area contributed by atoms with Crippen molar-refractivity contribution in [3.05, 3.63) is 41.3 Å². The lowest BCUT2D eigenvalue weighted by Crippen LogP contribution is -2.45. The first-order valence-corrected chi connectivity index (χ1v) is 10.6. The molecule has 2 aliphatic heterocycles. The molecule has 2 aromatic rings. The van der Waals surface area contributed by atoms with Gasteiger partial charge in [-0.1, -0.05) is 12.1 Å². The Labute approximate surface area is 155 Å². The number of ether oxygens (including phenoxy) is 2. The van der Waals surface area contributed by atoms with Crippen LogP contribution in [0.3, 0.4) is 0 Å². The minimum absolute atomic E-state index is 0.197. The van der Waals surface area contributed by atoms with Crippen LogP contribution in [-0.4, -0.2) is 38.0 Å². The zero-order valence-electron chi connectivity index (χ0n) is 13.9. The van der Waals surface area contributed by atoms with Gasteiger partial charge in [-0.15, -0.1) is 11.3 Å². The van der Waals surface area contributed by atoms with E-state index >= 15 is 0 Å². The first-order valence-electron chi connectivity index (χ1n) is 8.27. The highest BCUT2D eigenvalue weighted by Gasteiger charge is 2.39. The summed E-state index contributed by atoms with van der Waals surface area (Å²) in [6, 6.07) is 8.06. The van der Waals surface area contributed by atoms with Gasteiger partial charge in [0.2, 0.25) is 12.7 Å². The average Bonchev–Trinajstić information content (AvgIpc) is 3.40. The molecule has 0 saturated carbocycles. The number of carbonyl (C=O) groups excluding carboxylic acids is 1. The van der Waals surface area contributed by atoms with E-state index in [1.807, 2.05) is 12.1 Å². The number of amides is 1. The largest absolute Gasteiger partial charge is 0.454 e. The summed E-state index contributed by atoms with van der Waals surface area (Å²) >= 11 is 1.16. The normalized spacial score (nSPS) is 19.6. The lowest BCUT2D eigenvalue weighted by atomic mass is 10.2. The van der Waals surface area contributed by atoms with Crippen LogP contribution < -0.4 is 14.8 Å². The summed E-state index contributed by atoms with van der Waals surface area (Å²) in [5.74, 6) is 1.06. The third-order valence-electron chi connectivity index (χ3n) is 4.47. The van der Waals surface area contributed by atoms with Crippen molar-refractivity contribution in [1.82, 2.24) is 9.62 Å². The average molecular weight is 394 g/mol. The van der Waals surface area contributed by atoms with E-state index in [4.69, 9.17) is 9.47 Å². The van der Waals surface area contributed by atoms with Gasteiger partial charge in [-0.3, -0.25) is 4.79 Å². The summed E-state index contributed by atoms with van der Waals surface area (Å²) in [7, 11) is -3.63. The van der Waals surface area contributed by atoms with E-state index in [1.165, 1.54) is 4.31 Å². The number of benzene rings is 1. The Kier molecular flexibility index (Phi) is 4.60. The van der Waals surface area contributed by atoms with Gasteiger partial charge in [-0.25, -0.2) is 8.42 Å². The van der Waals surface area contributed by atoms with Crippen LogP contribution in [0.2, 0.25) is 0 Å². The number of nitrogens with zero attached hydrogens (tertiary/aromatic N) is 1. The van der Waals surface area contributed by atoms with Gasteiger partial charge < -0.3 is 14.8 Å². The second-order valence-electron chi connectivity index (χ2n) is 6.11. The molecule has 1 aromatic heterocycles. The number of thiophene rings is 1. The number of hydrogen-bond acceptors (Lipinski definition) is 6. The molecule has 1 saturated heterocycles. The van der Waals surface area contributed by atoms with Crippen molar-refractivity contribution in [2.75, 3.05) is 13.3 Å². The minimum Gasteiger partial charge on any atom is -0.454 e. The summed E-state index contributed by atoms with van der Waals surface area (Å²) in [5, 5.41) is 4.56. The van der Waals surface area contributed by atoms with Crippen LogP contribution in [0.4, 0.5) is 0 Å². The van der Waals surface area contributed by atoms with E-state index in [9.17, 15) is 13.2 Å². The number of rotatable bonds is 5. The Morgan fingerprint density at radius 1 is 1.27 bits per heavy atom. The second-order valence-corrected chi connectivity index (χ2v) is 9.18. The fourth-order valence-corrected chi connectivity index (χ4v) is 5.95. The van der Waals surface area contributed by atoms with Gasteiger partial charge in [0.25, 0.3) is 10.0 Å². The molecule has 2 aliphatic rings. The van der Waals surface area contributed by atoms with Crippen molar-refractivity contribution in [3.8, 4) is 11.5 Å². The lowest BCUT2D eigenvalue weighted by molar-refractivity contribution is -0.124. The second kappa shape index (κ2) is 6.90. The van der Waals surface area contributed by atoms with Crippen molar-refractivity contribution in [2.45, 2.75) is 29.6 Å². The maximum Gasteiger partial charge on any atom is 0.253 e. The number of nitrogens with one attached hydrogen (secondary N) is 1. The molecule has 0 spiro atoms. The summed E-state index contributed by atoms with van der Waals surface area (Å²) in [5.41, 5.74) is 0.869. The monoisotopic (exact) mass is 394 g/mol. The molecule has 0 radical (unpaired) electrons. The van der Waals surface area contributed by atoms with Crippen molar-refractivity contribution in [1.29, 1.82) is 0 Å². The third kappa shape index (κ3) is 3.17. The molecule has 26 heavy (non-hydrogen) atoms. The zero-order chi connectivity index (χ0) is 18.1. The molecular weight excluding hydrogens is 376 g/mol. The molecule has 1 amide bonds. The molecule has 1 atom stereocenters. The molecule has 4 rings (SSSR count). The van der Waals surface area contributed by atoms with E-state index in [1.54, 1.807) is 23.6 Å². The lowest BCUT2D eigenvalue weighted by Gasteiger charge is -2.22.